The molecule has 124 valence electrons. The predicted octanol–water partition coefficient (Wildman–Crippen LogP) is 3.21. The minimum atomic E-state index is -0.958. The number of halogens is 1. The van der Waals surface area contributed by atoms with E-state index in [9.17, 15) is 9.18 Å². The van der Waals surface area contributed by atoms with Gasteiger partial charge in [-0.1, -0.05) is 31.1 Å². The second kappa shape index (κ2) is 5.95. The van der Waals surface area contributed by atoms with Gasteiger partial charge in [-0.2, -0.15) is 0 Å². The molecule has 0 aliphatic carbocycles. The van der Waals surface area contributed by atoms with Crippen LogP contribution in [0.1, 0.15) is 39.2 Å². The summed E-state index contributed by atoms with van der Waals surface area (Å²) in [4.78, 5) is 20.3. The molecule has 0 bridgehead atoms. The summed E-state index contributed by atoms with van der Waals surface area (Å²) in [5.74, 6) is 0.718. The standard InChI is InChI=1S/C18H23FN2O2/c1-12-8-13(2)11-21(10-12)17(22)18(3)9-16(20-23-18)14-4-6-15(19)7-5-14/h4-7,12-13H,8-11H2,1-3H3/t12-,13-,18+/m1/s1. The van der Waals surface area contributed by atoms with Gasteiger partial charge < -0.3 is 9.74 Å². The Balaban J connectivity index is 1.71. The molecule has 5 heteroatoms. The second-order valence-electron chi connectivity index (χ2n) is 7.20. The largest absolute Gasteiger partial charge is 0.379 e. The van der Waals surface area contributed by atoms with Crippen molar-refractivity contribution in [3.05, 3.63) is 35.6 Å². The Labute approximate surface area is 136 Å². The average Bonchev–Trinajstić information content (AvgIpc) is 2.90. The first kappa shape index (κ1) is 16.0. The van der Waals surface area contributed by atoms with Gasteiger partial charge in [0.25, 0.3) is 5.91 Å². The summed E-state index contributed by atoms with van der Waals surface area (Å²) in [5, 5.41) is 4.09. The Kier molecular flexibility index (Phi) is 4.13. The van der Waals surface area contributed by atoms with Crippen LogP contribution in [0.15, 0.2) is 29.4 Å². The number of piperidine rings is 1. The molecule has 4 nitrogen and oxygen atoms in total. The van der Waals surface area contributed by atoms with Crippen molar-refractivity contribution in [3.63, 3.8) is 0 Å². The van der Waals surface area contributed by atoms with Gasteiger partial charge in [0.15, 0.2) is 0 Å². The molecule has 0 saturated carbocycles. The highest BCUT2D eigenvalue weighted by Gasteiger charge is 2.45. The van der Waals surface area contributed by atoms with Crippen molar-refractivity contribution >= 4 is 11.6 Å². The molecule has 23 heavy (non-hydrogen) atoms. The number of hydrogen-bond acceptors (Lipinski definition) is 3. The smallest absolute Gasteiger partial charge is 0.269 e. The maximum atomic E-state index is 13.0. The number of likely N-dealkylation sites (tertiary alicyclic amines) is 1. The van der Waals surface area contributed by atoms with E-state index < -0.39 is 5.60 Å². The molecular formula is C18H23FN2O2. The number of nitrogens with zero attached hydrogens (tertiary/aromatic N) is 2. The number of hydrogen-bond donors (Lipinski definition) is 0. The third kappa shape index (κ3) is 3.23. The van der Waals surface area contributed by atoms with Gasteiger partial charge in [0.2, 0.25) is 5.60 Å². The normalized spacial score (nSPS) is 30.8. The molecule has 1 amide bonds. The average molecular weight is 318 g/mol. The van der Waals surface area contributed by atoms with Gasteiger partial charge in [-0.15, -0.1) is 0 Å². The van der Waals surface area contributed by atoms with Gasteiger partial charge in [0.1, 0.15) is 5.82 Å². The molecule has 0 unspecified atom stereocenters. The van der Waals surface area contributed by atoms with E-state index in [1.165, 1.54) is 12.1 Å². The molecule has 2 heterocycles. The molecule has 1 aromatic rings. The number of amides is 1. The van der Waals surface area contributed by atoms with E-state index in [-0.39, 0.29) is 11.7 Å². The molecule has 0 radical (unpaired) electrons. The van der Waals surface area contributed by atoms with Gasteiger partial charge in [0, 0.05) is 19.5 Å². The molecule has 2 aliphatic heterocycles. The Morgan fingerprint density at radius 3 is 2.48 bits per heavy atom. The molecule has 0 spiro atoms. The molecule has 1 fully saturated rings. The van der Waals surface area contributed by atoms with Crippen molar-refractivity contribution in [1.82, 2.24) is 4.90 Å². The first-order valence-corrected chi connectivity index (χ1v) is 8.18. The summed E-state index contributed by atoms with van der Waals surface area (Å²) in [6.45, 7) is 7.68. The van der Waals surface area contributed by atoms with Crippen molar-refractivity contribution in [3.8, 4) is 0 Å². The Morgan fingerprint density at radius 2 is 1.87 bits per heavy atom. The van der Waals surface area contributed by atoms with Crippen molar-refractivity contribution in [2.75, 3.05) is 13.1 Å². The van der Waals surface area contributed by atoms with Crippen LogP contribution >= 0.6 is 0 Å². The van der Waals surface area contributed by atoms with Crippen molar-refractivity contribution < 1.29 is 14.0 Å². The van der Waals surface area contributed by atoms with E-state index in [0.29, 0.717) is 24.0 Å². The molecule has 0 aromatic heterocycles. The van der Waals surface area contributed by atoms with Crippen LogP contribution in [0.2, 0.25) is 0 Å². The summed E-state index contributed by atoms with van der Waals surface area (Å²) in [5.41, 5.74) is 0.530. The zero-order valence-electron chi connectivity index (χ0n) is 13.9. The third-order valence-corrected chi connectivity index (χ3v) is 4.65. The summed E-state index contributed by atoms with van der Waals surface area (Å²) in [6.07, 6.45) is 1.56. The number of rotatable bonds is 2. The van der Waals surface area contributed by atoms with Crippen molar-refractivity contribution in [2.45, 2.75) is 39.2 Å². The monoisotopic (exact) mass is 318 g/mol. The second-order valence-corrected chi connectivity index (χ2v) is 7.20. The molecule has 0 N–H and O–H groups in total. The van der Waals surface area contributed by atoms with Gasteiger partial charge >= 0.3 is 0 Å². The maximum Gasteiger partial charge on any atom is 0.269 e. The van der Waals surface area contributed by atoms with Gasteiger partial charge in [0.05, 0.1) is 5.71 Å². The fourth-order valence-corrected chi connectivity index (χ4v) is 3.61. The SMILES string of the molecule is C[C@@H]1C[C@@H](C)CN(C(=O)[C@]2(C)CC(c3ccc(F)cc3)=NO2)C1. The summed E-state index contributed by atoms with van der Waals surface area (Å²) >= 11 is 0. The highest BCUT2D eigenvalue weighted by atomic mass is 19.1. The highest BCUT2D eigenvalue weighted by Crippen LogP contribution is 2.31. The molecular weight excluding hydrogens is 295 g/mol. The Morgan fingerprint density at radius 1 is 1.26 bits per heavy atom. The van der Waals surface area contributed by atoms with Crippen LogP contribution in [-0.2, 0) is 9.63 Å². The first-order valence-electron chi connectivity index (χ1n) is 8.18. The molecule has 3 rings (SSSR count). The van der Waals surface area contributed by atoms with Crippen LogP contribution in [0.3, 0.4) is 0 Å². The topological polar surface area (TPSA) is 41.9 Å². The molecule has 2 aliphatic rings. The van der Waals surface area contributed by atoms with Crippen LogP contribution < -0.4 is 0 Å². The highest BCUT2D eigenvalue weighted by molar-refractivity contribution is 6.05. The number of carbonyl (C=O) groups is 1. The zero-order chi connectivity index (χ0) is 16.6. The predicted molar refractivity (Wildman–Crippen MR) is 86.6 cm³/mol. The Bertz CT molecular complexity index is 618. The molecule has 3 atom stereocenters. The van der Waals surface area contributed by atoms with Crippen LogP contribution in [-0.4, -0.2) is 35.2 Å². The first-order chi connectivity index (χ1) is 10.9. The summed E-state index contributed by atoms with van der Waals surface area (Å²) in [7, 11) is 0. The minimum Gasteiger partial charge on any atom is -0.379 e. The van der Waals surface area contributed by atoms with Crippen LogP contribution in [0.25, 0.3) is 0 Å². The lowest BCUT2D eigenvalue weighted by atomic mass is 9.89. The minimum absolute atomic E-state index is 0.00300. The zero-order valence-corrected chi connectivity index (χ0v) is 13.9. The Hall–Kier alpha value is -1.91. The van der Waals surface area contributed by atoms with E-state index >= 15 is 0 Å². The fourth-order valence-electron chi connectivity index (χ4n) is 3.61. The van der Waals surface area contributed by atoms with E-state index in [2.05, 4.69) is 19.0 Å². The number of oxime groups is 1. The van der Waals surface area contributed by atoms with E-state index in [4.69, 9.17) is 4.84 Å². The fraction of sp³-hybridized carbons (Fsp3) is 0.556. The molecule has 1 aromatic carbocycles. The number of carbonyl (C=O) groups excluding carboxylic acids is 1. The van der Waals surface area contributed by atoms with Crippen LogP contribution in [0, 0.1) is 17.7 Å². The quantitative estimate of drug-likeness (QED) is 0.840. The number of benzene rings is 1. The summed E-state index contributed by atoms with van der Waals surface area (Å²) < 4.78 is 13.0. The van der Waals surface area contributed by atoms with E-state index in [0.717, 1.165) is 25.1 Å². The lowest BCUT2D eigenvalue weighted by molar-refractivity contribution is -0.156. The van der Waals surface area contributed by atoms with Crippen molar-refractivity contribution in [2.24, 2.45) is 17.0 Å². The lowest BCUT2D eigenvalue weighted by Gasteiger charge is -2.38. The molecule has 1 saturated heterocycles. The summed E-state index contributed by atoms with van der Waals surface area (Å²) in [6, 6.07) is 6.12. The van der Waals surface area contributed by atoms with Crippen molar-refractivity contribution in [1.29, 1.82) is 0 Å². The van der Waals surface area contributed by atoms with E-state index in [1.54, 1.807) is 19.1 Å². The van der Waals surface area contributed by atoms with E-state index in [1.807, 2.05) is 4.90 Å². The maximum absolute atomic E-state index is 13.0. The van der Waals surface area contributed by atoms with Gasteiger partial charge in [-0.25, -0.2) is 4.39 Å². The van der Waals surface area contributed by atoms with Crippen LogP contribution in [0.4, 0.5) is 4.39 Å². The van der Waals surface area contributed by atoms with Crippen LogP contribution in [0.5, 0.6) is 0 Å². The lowest BCUT2D eigenvalue weighted by Crippen LogP contribution is -2.52. The third-order valence-electron chi connectivity index (χ3n) is 4.65. The van der Waals surface area contributed by atoms with Gasteiger partial charge in [-0.05, 0) is 42.9 Å². The van der Waals surface area contributed by atoms with Gasteiger partial charge in [-0.3, -0.25) is 4.79 Å².